The maximum Gasteiger partial charge on any atom is 0.196 e. The summed E-state index contributed by atoms with van der Waals surface area (Å²) in [7, 11) is 0. The molecule has 0 atom stereocenters. The number of allylic oxidation sites excluding steroid dienone is 1. The van der Waals surface area contributed by atoms with E-state index in [1.165, 1.54) is 6.26 Å². The van der Waals surface area contributed by atoms with Gasteiger partial charge in [-0.1, -0.05) is 35.3 Å². The third-order valence-corrected chi connectivity index (χ3v) is 5.29. The minimum Gasteiger partial charge on any atom is -0.464 e. The molecular formula is C25H17Cl2NO3. The van der Waals surface area contributed by atoms with Crippen LogP contribution in [0.4, 0.5) is 5.69 Å². The highest BCUT2D eigenvalue weighted by Gasteiger charge is 2.16. The number of nitrogens with one attached hydrogen (secondary N) is 1. The molecular weight excluding hydrogens is 433 g/mol. The molecule has 0 radical (unpaired) electrons. The number of hydrogen-bond donors (Lipinski definition) is 1. The molecule has 3 aromatic carbocycles. The van der Waals surface area contributed by atoms with Gasteiger partial charge in [-0.05, 0) is 60.7 Å². The van der Waals surface area contributed by atoms with Gasteiger partial charge in [0.05, 0.1) is 11.6 Å². The Labute approximate surface area is 188 Å². The quantitative estimate of drug-likeness (QED) is 0.268. The van der Waals surface area contributed by atoms with E-state index in [0.29, 0.717) is 37.7 Å². The summed E-state index contributed by atoms with van der Waals surface area (Å²) in [5.41, 5.74) is 2.37. The molecule has 0 bridgehead atoms. The first-order valence-electron chi connectivity index (χ1n) is 9.52. The van der Waals surface area contributed by atoms with Crippen molar-refractivity contribution >= 4 is 45.6 Å². The van der Waals surface area contributed by atoms with E-state index in [-0.39, 0.29) is 17.6 Å². The van der Waals surface area contributed by atoms with Crippen LogP contribution >= 0.6 is 23.2 Å². The van der Waals surface area contributed by atoms with Crippen molar-refractivity contribution in [1.82, 2.24) is 0 Å². The molecule has 4 aromatic rings. The van der Waals surface area contributed by atoms with Gasteiger partial charge in [-0.2, -0.15) is 0 Å². The standard InChI is InChI=1S/C25H17Cl2NO3/c26-19-7-5-16(6-8-19)24(29)17(14-28-21-11-9-20(27)10-12-21)13-18-15-31-23-4-2-1-3-22(23)25(18)30/h1-12,14-15,28H,13H2/b17-14+. The molecule has 0 saturated heterocycles. The van der Waals surface area contributed by atoms with E-state index in [2.05, 4.69) is 5.32 Å². The van der Waals surface area contributed by atoms with Gasteiger partial charge < -0.3 is 9.73 Å². The number of ketones is 1. The second-order valence-corrected chi connectivity index (χ2v) is 7.79. The zero-order chi connectivity index (χ0) is 21.8. The lowest BCUT2D eigenvalue weighted by Crippen LogP contribution is -2.14. The van der Waals surface area contributed by atoms with Crippen LogP contribution in [0.3, 0.4) is 0 Å². The second-order valence-electron chi connectivity index (χ2n) is 6.92. The van der Waals surface area contributed by atoms with Gasteiger partial charge in [0.15, 0.2) is 11.2 Å². The Hall–Kier alpha value is -3.34. The summed E-state index contributed by atoms with van der Waals surface area (Å²) in [6.07, 6.45) is 3.12. The molecule has 4 nitrogen and oxygen atoms in total. The van der Waals surface area contributed by atoms with Crippen LogP contribution in [-0.4, -0.2) is 5.78 Å². The highest BCUT2D eigenvalue weighted by Crippen LogP contribution is 2.19. The molecule has 4 rings (SSSR count). The molecule has 0 aliphatic carbocycles. The fraction of sp³-hybridized carbons (Fsp3) is 0.0400. The fourth-order valence-corrected chi connectivity index (χ4v) is 3.40. The summed E-state index contributed by atoms with van der Waals surface area (Å²) in [6.45, 7) is 0. The Kier molecular flexibility index (Phi) is 6.21. The van der Waals surface area contributed by atoms with Gasteiger partial charge in [-0.25, -0.2) is 0 Å². The Morgan fingerprint density at radius 3 is 2.26 bits per heavy atom. The van der Waals surface area contributed by atoms with Crippen molar-refractivity contribution in [2.75, 3.05) is 5.32 Å². The Morgan fingerprint density at radius 1 is 0.903 bits per heavy atom. The van der Waals surface area contributed by atoms with Crippen LogP contribution in [0.25, 0.3) is 11.0 Å². The molecule has 31 heavy (non-hydrogen) atoms. The molecule has 0 aliphatic heterocycles. The first-order valence-corrected chi connectivity index (χ1v) is 10.3. The number of benzene rings is 3. The zero-order valence-corrected chi connectivity index (χ0v) is 17.8. The van der Waals surface area contributed by atoms with Crippen LogP contribution < -0.4 is 10.7 Å². The topological polar surface area (TPSA) is 59.3 Å². The van der Waals surface area contributed by atoms with Crippen molar-refractivity contribution in [1.29, 1.82) is 0 Å². The molecule has 1 aromatic heterocycles. The number of anilines is 1. The van der Waals surface area contributed by atoms with Gasteiger partial charge in [-0.15, -0.1) is 0 Å². The van der Waals surface area contributed by atoms with E-state index in [1.807, 2.05) is 0 Å². The smallest absolute Gasteiger partial charge is 0.196 e. The molecule has 0 unspecified atom stereocenters. The molecule has 1 heterocycles. The second kappa shape index (κ2) is 9.21. The van der Waals surface area contributed by atoms with Crippen molar-refractivity contribution in [2.45, 2.75) is 6.42 Å². The number of carbonyl (C=O) groups is 1. The van der Waals surface area contributed by atoms with E-state index in [4.69, 9.17) is 27.6 Å². The number of halogens is 2. The van der Waals surface area contributed by atoms with Crippen LogP contribution in [-0.2, 0) is 6.42 Å². The van der Waals surface area contributed by atoms with Crippen molar-refractivity contribution in [3.8, 4) is 0 Å². The predicted octanol–water partition coefficient (Wildman–Crippen LogP) is 6.52. The summed E-state index contributed by atoms with van der Waals surface area (Å²) in [6, 6.07) is 20.7. The van der Waals surface area contributed by atoms with Crippen LogP contribution in [0.1, 0.15) is 15.9 Å². The van der Waals surface area contributed by atoms with E-state index in [1.54, 1.807) is 79.0 Å². The van der Waals surface area contributed by atoms with Crippen LogP contribution in [0.15, 0.2) is 100 Å². The Balaban J connectivity index is 1.71. The number of para-hydroxylation sites is 1. The number of carbonyl (C=O) groups excluding carboxylic acids is 1. The van der Waals surface area contributed by atoms with Crippen molar-refractivity contribution < 1.29 is 9.21 Å². The van der Waals surface area contributed by atoms with Gasteiger partial charge in [0.1, 0.15) is 5.58 Å². The lowest BCUT2D eigenvalue weighted by molar-refractivity contribution is 0.103. The minimum absolute atomic E-state index is 0.106. The average molecular weight is 450 g/mol. The molecule has 0 fully saturated rings. The number of fused-ring (bicyclic) bond motifs is 1. The third-order valence-electron chi connectivity index (χ3n) is 4.79. The highest BCUT2D eigenvalue weighted by molar-refractivity contribution is 6.31. The van der Waals surface area contributed by atoms with Crippen molar-refractivity contribution in [2.24, 2.45) is 0 Å². The molecule has 6 heteroatoms. The van der Waals surface area contributed by atoms with Crippen LogP contribution in [0.5, 0.6) is 0 Å². The number of hydrogen-bond acceptors (Lipinski definition) is 4. The number of rotatable bonds is 6. The summed E-state index contributed by atoms with van der Waals surface area (Å²) in [5.74, 6) is -0.217. The van der Waals surface area contributed by atoms with Gasteiger partial charge in [-0.3, -0.25) is 9.59 Å². The van der Waals surface area contributed by atoms with E-state index in [0.717, 1.165) is 5.69 Å². The monoisotopic (exact) mass is 449 g/mol. The molecule has 1 N–H and O–H groups in total. The lowest BCUT2D eigenvalue weighted by Gasteiger charge is -2.09. The molecule has 0 spiro atoms. The molecule has 0 amide bonds. The van der Waals surface area contributed by atoms with Crippen molar-refractivity contribution in [3.63, 3.8) is 0 Å². The largest absolute Gasteiger partial charge is 0.464 e. The lowest BCUT2D eigenvalue weighted by atomic mass is 9.98. The maximum atomic E-state index is 13.2. The summed E-state index contributed by atoms with van der Waals surface area (Å²) >= 11 is 11.9. The van der Waals surface area contributed by atoms with E-state index < -0.39 is 0 Å². The zero-order valence-electron chi connectivity index (χ0n) is 16.3. The highest BCUT2D eigenvalue weighted by atomic mass is 35.5. The third kappa shape index (κ3) is 4.88. The SMILES string of the molecule is O=C(/C(=C/Nc1ccc(Cl)cc1)Cc1coc2ccccc2c1=O)c1ccc(Cl)cc1. The summed E-state index contributed by atoms with van der Waals surface area (Å²) in [5, 5.41) is 4.74. The average Bonchev–Trinajstić information content (AvgIpc) is 2.79. The first-order chi connectivity index (χ1) is 15.0. The fourth-order valence-electron chi connectivity index (χ4n) is 3.15. The van der Waals surface area contributed by atoms with Gasteiger partial charge >= 0.3 is 0 Å². The first kappa shape index (κ1) is 20.9. The van der Waals surface area contributed by atoms with Gasteiger partial charge in [0, 0.05) is 45.1 Å². The van der Waals surface area contributed by atoms with E-state index >= 15 is 0 Å². The summed E-state index contributed by atoms with van der Waals surface area (Å²) < 4.78 is 5.61. The van der Waals surface area contributed by atoms with Gasteiger partial charge in [0.25, 0.3) is 0 Å². The Morgan fingerprint density at radius 2 is 1.55 bits per heavy atom. The molecule has 154 valence electrons. The van der Waals surface area contributed by atoms with E-state index in [9.17, 15) is 9.59 Å². The van der Waals surface area contributed by atoms with Crippen molar-refractivity contribution in [3.05, 3.63) is 122 Å². The maximum absolute atomic E-state index is 13.2. The Bertz CT molecular complexity index is 1320. The molecule has 0 saturated carbocycles. The summed E-state index contributed by atoms with van der Waals surface area (Å²) in [4.78, 5) is 26.1. The predicted molar refractivity (Wildman–Crippen MR) is 125 cm³/mol. The minimum atomic E-state index is -0.217. The van der Waals surface area contributed by atoms with Crippen LogP contribution in [0.2, 0.25) is 10.0 Å². The number of Topliss-reactive ketones (excluding diaryl/α,β-unsaturated/α-hetero) is 1. The molecule has 0 aliphatic rings. The van der Waals surface area contributed by atoms with Gasteiger partial charge in [0.2, 0.25) is 0 Å². The normalized spacial score (nSPS) is 11.5. The van der Waals surface area contributed by atoms with Crippen LogP contribution in [0, 0.1) is 0 Å².